The van der Waals surface area contributed by atoms with E-state index < -0.39 is 0 Å². The topological polar surface area (TPSA) is 61.4 Å². The Kier molecular flexibility index (Phi) is 10.6. The number of fused-ring (bicyclic) bond motifs is 2. The van der Waals surface area contributed by atoms with Crippen LogP contribution in [0.1, 0.15) is 92.3 Å². The van der Waals surface area contributed by atoms with E-state index in [1.165, 1.54) is 27.8 Å². The number of carbonyl (C=O) groups excluding carboxylic acids is 2. The zero-order valence-electron chi connectivity index (χ0n) is 34.3. The van der Waals surface area contributed by atoms with Crippen LogP contribution in [-0.2, 0) is 20.4 Å². The first kappa shape index (κ1) is 38.6. The van der Waals surface area contributed by atoms with Gasteiger partial charge in [-0.05, 0) is 120 Å². The molecule has 2 aliphatic carbocycles. The van der Waals surface area contributed by atoms with Gasteiger partial charge in [0.25, 0.3) is 0 Å². The van der Waals surface area contributed by atoms with E-state index in [4.69, 9.17) is 0 Å². The summed E-state index contributed by atoms with van der Waals surface area (Å²) >= 11 is 0. The van der Waals surface area contributed by atoms with E-state index in [9.17, 15) is 9.59 Å². The van der Waals surface area contributed by atoms with Crippen molar-refractivity contribution < 1.29 is 9.59 Å². The maximum Gasteiger partial charge on any atom is 0.244 e. The summed E-state index contributed by atoms with van der Waals surface area (Å²) in [5.41, 5.74) is 16.2. The van der Waals surface area contributed by atoms with Gasteiger partial charge in [-0.25, -0.2) is 0 Å². The lowest BCUT2D eigenvalue weighted by atomic mass is 9.80. The van der Waals surface area contributed by atoms with Gasteiger partial charge in [-0.1, -0.05) is 131 Å². The molecule has 0 aromatic heterocycles. The Morgan fingerprint density at radius 3 is 1.91 bits per heavy atom. The van der Waals surface area contributed by atoms with Gasteiger partial charge < -0.3 is 15.5 Å². The molecule has 4 aromatic carbocycles. The lowest BCUT2D eigenvalue weighted by Crippen LogP contribution is -2.34. The number of allylic oxidation sites excluding steroid dienone is 9. The minimum atomic E-state index is -0.274. The number of amides is 2. The number of para-hydroxylation sites is 3. The van der Waals surface area contributed by atoms with Crippen LogP contribution in [0.2, 0.25) is 0 Å². The van der Waals surface area contributed by atoms with Gasteiger partial charge in [0.2, 0.25) is 11.8 Å². The van der Waals surface area contributed by atoms with Crippen LogP contribution in [-0.4, -0.2) is 18.4 Å². The van der Waals surface area contributed by atoms with Gasteiger partial charge in [-0.2, -0.15) is 0 Å². The summed E-state index contributed by atoms with van der Waals surface area (Å²) in [6.45, 7) is 17.4. The van der Waals surface area contributed by atoms with Crippen molar-refractivity contribution in [3.63, 3.8) is 0 Å². The van der Waals surface area contributed by atoms with Crippen molar-refractivity contribution in [2.45, 2.75) is 91.9 Å². The number of aryl methyl sites for hydroxylation is 4. The smallest absolute Gasteiger partial charge is 0.244 e. The van der Waals surface area contributed by atoms with Crippen LogP contribution in [0.25, 0.3) is 5.57 Å². The SMILES string of the molecule is Cc1cccc(C)c1NC(=O)CC1=C(C=CC2=C/C(=C/C=C3N(CC(=O)Nc4c(C)cccc4C)c4ccccc4C3(C)C)CCC2)C(C)(C)c2ccccc21. The summed E-state index contributed by atoms with van der Waals surface area (Å²) in [7, 11) is 0. The van der Waals surface area contributed by atoms with Gasteiger partial charge in [0, 0.05) is 33.6 Å². The first-order valence-corrected chi connectivity index (χ1v) is 20.0. The maximum atomic E-state index is 13.7. The van der Waals surface area contributed by atoms with Crippen molar-refractivity contribution >= 4 is 34.4 Å². The standard InChI is InChI=1S/C51H55N3O2/c1-33-16-13-17-34(2)48(33)52-46(55)31-40-39-22-9-10-23-41(39)50(5,6)42(40)28-26-37-20-15-21-38(30-37)27-29-45-51(7,8)43-24-11-12-25-44(43)54(45)32-47(56)53-49-35(3)18-14-19-36(49)4/h9-14,16-19,22-30H,15,20-21,31-32H2,1-8H3,(H,52,55)(H,53,56)/b28-26?,38-27+,45-29?. The van der Waals surface area contributed by atoms with Gasteiger partial charge >= 0.3 is 0 Å². The van der Waals surface area contributed by atoms with Crippen molar-refractivity contribution in [3.05, 3.63) is 177 Å². The molecule has 2 N–H and O–H groups in total. The van der Waals surface area contributed by atoms with Crippen molar-refractivity contribution in [2.24, 2.45) is 0 Å². The first-order valence-electron chi connectivity index (χ1n) is 20.0. The number of nitrogens with one attached hydrogen (secondary N) is 2. The summed E-state index contributed by atoms with van der Waals surface area (Å²) in [4.78, 5) is 29.5. The molecule has 5 heteroatoms. The molecule has 0 unspecified atom stereocenters. The van der Waals surface area contributed by atoms with E-state index in [1.54, 1.807) is 0 Å². The van der Waals surface area contributed by atoms with E-state index >= 15 is 0 Å². The third kappa shape index (κ3) is 7.47. The molecule has 0 bridgehead atoms. The summed E-state index contributed by atoms with van der Waals surface area (Å²) in [6, 6.07) is 29.2. The average molecular weight is 742 g/mol. The molecule has 0 saturated heterocycles. The fraction of sp³-hybridized carbons (Fsp3) is 0.294. The Morgan fingerprint density at radius 1 is 0.661 bits per heavy atom. The number of rotatable bonds is 9. The second kappa shape index (κ2) is 15.5. The van der Waals surface area contributed by atoms with Crippen LogP contribution in [0.5, 0.6) is 0 Å². The summed E-state index contributed by atoms with van der Waals surface area (Å²) in [6.07, 6.45) is 14.7. The molecule has 0 fully saturated rings. The van der Waals surface area contributed by atoms with Gasteiger partial charge in [-0.3, -0.25) is 9.59 Å². The van der Waals surface area contributed by atoms with Crippen molar-refractivity contribution in [3.8, 4) is 0 Å². The highest BCUT2D eigenvalue weighted by atomic mass is 16.2. The highest BCUT2D eigenvalue weighted by molar-refractivity contribution is 6.01. The van der Waals surface area contributed by atoms with E-state index in [-0.39, 0.29) is 29.2 Å². The Labute approximate surface area is 333 Å². The molecule has 4 aromatic rings. The monoisotopic (exact) mass is 741 g/mol. The zero-order valence-corrected chi connectivity index (χ0v) is 34.3. The molecule has 2 amide bonds. The predicted octanol–water partition coefficient (Wildman–Crippen LogP) is 11.9. The fourth-order valence-electron chi connectivity index (χ4n) is 8.98. The quantitative estimate of drug-likeness (QED) is 0.180. The van der Waals surface area contributed by atoms with Crippen molar-refractivity contribution in [1.29, 1.82) is 0 Å². The molecule has 0 atom stereocenters. The summed E-state index contributed by atoms with van der Waals surface area (Å²) < 4.78 is 0. The fourth-order valence-corrected chi connectivity index (χ4v) is 8.98. The molecule has 7 rings (SSSR count). The Morgan fingerprint density at radius 2 is 1.25 bits per heavy atom. The number of hydrogen-bond donors (Lipinski definition) is 2. The van der Waals surface area contributed by atoms with Crippen LogP contribution in [0, 0.1) is 27.7 Å². The predicted molar refractivity (Wildman–Crippen MR) is 234 cm³/mol. The first-order chi connectivity index (χ1) is 26.8. The zero-order chi connectivity index (χ0) is 39.8. The normalized spacial score (nSPS) is 18.4. The largest absolute Gasteiger partial charge is 0.335 e. The van der Waals surface area contributed by atoms with Crippen molar-refractivity contribution in [1.82, 2.24) is 0 Å². The molecule has 1 aliphatic heterocycles. The lowest BCUT2D eigenvalue weighted by Gasteiger charge is -2.27. The van der Waals surface area contributed by atoms with Crippen LogP contribution >= 0.6 is 0 Å². The minimum Gasteiger partial charge on any atom is -0.335 e. The second-order valence-corrected chi connectivity index (χ2v) is 16.8. The van der Waals surface area contributed by atoms with Crippen LogP contribution in [0.15, 0.2) is 138 Å². The highest BCUT2D eigenvalue weighted by Crippen LogP contribution is 2.49. The Hall–Kier alpha value is -5.68. The van der Waals surface area contributed by atoms with Crippen LogP contribution in [0.4, 0.5) is 17.1 Å². The van der Waals surface area contributed by atoms with Crippen molar-refractivity contribution in [2.75, 3.05) is 22.1 Å². The van der Waals surface area contributed by atoms with Crippen LogP contribution < -0.4 is 15.5 Å². The van der Waals surface area contributed by atoms with Gasteiger partial charge in [0.1, 0.15) is 6.54 Å². The number of benzene rings is 4. The molecular weight excluding hydrogens is 687 g/mol. The summed E-state index contributed by atoms with van der Waals surface area (Å²) in [5, 5.41) is 6.43. The minimum absolute atomic E-state index is 0.000233. The molecule has 286 valence electrons. The second-order valence-electron chi connectivity index (χ2n) is 16.8. The molecule has 5 nitrogen and oxygen atoms in total. The van der Waals surface area contributed by atoms with E-state index in [1.807, 2.05) is 64.1 Å². The van der Waals surface area contributed by atoms with Crippen LogP contribution in [0.3, 0.4) is 0 Å². The molecule has 3 aliphatic rings. The Bertz CT molecular complexity index is 2340. The average Bonchev–Trinajstić information content (AvgIpc) is 3.51. The van der Waals surface area contributed by atoms with Gasteiger partial charge in [-0.15, -0.1) is 0 Å². The third-order valence-corrected chi connectivity index (χ3v) is 12.1. The number of carbonyl (C=O) groups is 2. The van der Waals surface area contributed by atoms with E-state index in [2.05, 4.69) is 122 Å². The maximum absolute atomic E-state index is 13.7. The molecule has 56 heavy (non-hydrogen) atoms. The number of anilines is 3. The molecule has 0 spiro atoms. The molecule has 1 heterocycles. The number of hydrogen-bond acceptors (Lipinski definition) is 3. The van der Waals surface area contributed by atoms with Gasteiger partial charge in [0.15, 0.2) is 0 Å². The highest BCUT2D eigenvalue weighted by Gasteiger charge is 2.40. The molecule has 0 radical (unpaired) electrons. The van der Waals surface area contributed by atoms with E-state index in [0.29, 0.717) is 6.42 Å². The Balaban J connectivity index is 1.17. The summed E-state index contributed by atoms with van der Waals surface area (Å²) in [5.74, 6) is -0.0355. The van der Waals surface area contributed by atoms with Gasteiger partial charge in [0.05, 0.1) is 6.42 Å². The molecule has 0 saturated carbocycles. The number of nitrogens with zero attached hydrogens (tertiary/aromatic N) is 1. The third-order valence-electron chi connectivity index (χ3n) is 12.1. The molecular formula is C51H55N3O2. The lowest BCUT2D eigenvalue weighted by molar-refractivity contribution is -0.115. The van der Waals surface area contributed by atoms with E-state index in [0.717, 1.165) is 75.4 Å².